The summed E-state index contributed by atoms with van der Waals surface area (Å²) in [6.45, 7) is 3.08. The molecular weight excluding hydrogens is 316 g/mol. The highest BCUT2D eigenvalue weighted by Gasteiger charge is 2.23. The first-order chi connectivity index (χ1) is 12.1. The average molecular weight is 338 g/mol. The van der Waals surface area contributed by atoms with Crippen molar-refractivity contribution in [3.05, 3.63) is 59.2 Å². The SMILES string of the molecule is CCC(=O)N1CCc2cc(CNC(=O)c3ccc(OC)cc3)ccc21. The summed E-state index contributed by atoms with van der Waals surface area (Å²) >= 11 is 0. The molecule has 0 aliphatic carbocycles. The minimum Gasteiger partial charge on any atom is -0.497 e. The molecule has 3 rings (SSSR count). The zero-order chi connectivity index (χ0) is 17.8. The number of amides is 2. The molecule has 130 valence electrons. The summed E-state index contributed by atoms with van der Waals surface area (Å²) in [5.74, 6) is 0.756. The lowest BCUT2D eigenvalue weighted by molar-refractivity contribution is -0.118. The second-order valence-electron chi connectivity index (χ2n) is 6.02. The molecule has 2 aromatic rings. The topological polar surface area (TPSA) is 58.6 Å². The van der Waals surface area contributed by atoms with Crippen LogP contribution in [0.4, 0.5) is 5.69 Å². The van der Waals surface area contributed by atoms with Crippen LogP contribution in [0.5, 0.6) is 5.75 Å². The molecule has 0 saturated carbocycles. The van der Waals surface area contributed by atoms with Gasteiger partial charge in [0.25, 0.3) is 5.91 Å². The number of hydrogen-bond acceptors (Lipinski definition) is 3. The van der Waals surface area contributed by atoms with Crippen LogP contribution < -0.4 is 15.0 Å². The minimum atomic E-state index is -0.120. The smallest absolute Gasteiger partial charge is 0.251 e. The molecule has 2 amide bonds. The molecule has 1 aliphatic rings. The van der Waals surface area contributed by atoms with Crippen molar-refractivity contribution in [3.8, 4) is 5.75 Å². The van der Waals surface area contributed by atoms with Crippen molar-refractivity contribution in [2.24, 2.45) is 0 Å². The summed E-state index contributed by atoms with van der Waals surface area (Å²) < 4.78 is 5.09. The van der Waals surface area contributed by atoms with E-state index in [1.807, 2.05) is 24.0 Å². The molecule has 1 heterocycles. The highest BCUT2D eigenvalue weighted by atomic mass is 16.5. The number of benzene rings is 2. The fourth-order valence-corrected chi connectivity index (χ4v) is 3.04. The summed E-state index contributed by atoms with van der Waals surface area (Å²) in [7, 11) is 1.60. The zero-order valence-corrected chi connectivity index (χ0v) is 14.5. The maximum atomic E-state index is 12.2. The van der Waals surface area contributed by atoms with E-state index in [-0.39, 0.29) is 11.8 Å². The lowest BCUT2D eigenvalue weighted by Crippen LogP contribution is -2.27. The number of carbonyl (C=O) groups is 2. The van der Waals surface area contributed by atoms with Crippen LogP contribution in [0.25, 0.3) is 0 Å². The van der Waals surface area contributed by atoms with Gasteiger partial charge in [0.05, 0.1) is 7.11 Å². The van der Waals surface area contributed by atoms with E-state index in [1.54, 1.807) is 31.4 Å². The van der Waals surface area contributed by atoms with Gasteiger partial charge < -0.3 is 15.0 Å². The summed E-state index contributed by atoms with van der Waals surface area (Å²) in [6, 6.07) is 13.0. The number of anilines is 1. The van der Waals surface area contributed by atoms with Gasteiger partial charge >= 0.3 is 0 Å². The van der Waals surface area contributed by atoms with Crippen LogP contribution in [0.15, 0.2) is 42.5 Å². The molecule has 0 aromatic heterocycles. The molecule has 0 spiro atoms. The Morgan fingerprint density at radius 3 is 2.60 bits per heavy atom. The van der Waals surface area contributed by atoms with Gasteiger partial charge in [-0.3, -0.25) is 9.59 Å². The predicted molar refractivity (Wildman–Crippen MR) is 97.0 cm³/mol. The van der Waals surface area contributed by atoms with Crippen molar-refractivity contribution in [1.82, 2.24) is 5.32 Å². The third kappa shape index (κ3) is 3.65. The minimum absolute atomic E-state index is 0.120. The third-order valence-electron chi connectivity index (χ3n) is 4.45. The van der Waals surface area contributed by atoms with Crippen LogP contribution >= 0.6 is 0 Å². The Balaban J connectivity index is 1.64. The van der Waals surface area contributed by atoms with Gasteiger partial charge in [0.2, 0.25) is 5.91 Å². The number of fused-ring (bicyclic) bond motifs is 1. The molecule has 25 heavy (non-hydrogen) atoms. The average Bonchev–Trinajstić information content (AvgIpc) is 3.08. The van der Waals surface area contributed by atoms with Gasteiger partial charge in [-0.2, -0.15) is 0 Å². The maximum Gasteiger partial charge on any atom is 0.251 e. The predicted octanol–water partition coefficient (Wildman–Crippen LogP) is 2.92. The molecule has 5 nitrogen and oxygen atoms in total. The van der Waals surface area contributed by atoms with Crippen molar-refractivity contribution in [3.63, 3.8) is 0 Å². The van der Waals surface area contributed by atoms with Crippen LogP contribution in [0.2, 0.25) is 0 Å². The van der Waals surface area contributed by atoms with Gasteiger partial charge in [0, 0.05) is 30.8 Å². The summed E-state index contributed by atoms with van der Waals surface area (Å²) in [6.07, 6.45) is 1.38. The largest absolute Gasteiger partial charge is 0.497 e. The van der Waals surface area contributed by atoms with E-state index in [4.69, 9.17) is 4.74 Å². The Labute approximate surface area is 147 Å². The number of ether oxygens (including phenoxy) is 1. The van der Waals surface area contributed by atoms with Crippen molar-refractivity contribution in [2.45, 2.75) is 26.3 Å². The van der Waals surface area contributed by atoms with E-state index in [9.17, 15) is 9.59 Å². The number of nitrogens with zero attached hydrogens (tertiary/aromatic N) is 1. The highest BCUT2D eigenvalue weighted by Crippen LogP contribution is 2.29. The van der Waals surface area contributed by atoms with E-state index in [0.717, 1.165) is 35.5 Å². The van der Waals surface area contributed by atoms with Gasteiger partial charge in [-0.15, -0.1) is 0 Å². The maximum absolute atomic E-state index is 12.2. The Bertz CT molecular complexity index is 784. The fourth-order valence-electron chi connectivity index (χ4n) is 3.04. The first kappa shape index (κ1) is 17.0. The van der Waals surface area contributed by atoms with E-state index in [1.165, 1.54) is 0 Å². The monoisotopic (exact) mass is 338 g/mol. The highest BCUT2D eigenvalue weighted by molar-refractivity contribution is 5.95. The van der Waals surface area contributed by atoms with E-state index >= 15 is 0 Å². The van der Waals surface area contributed by atoms with Crippen LogP contribution in [-0.4, -0.2) is 25.5 Å². The standard InChI is InChI=1S/C20H22N2O3/c1-3-19(23)22-11-10-16-12-14(4-9-18(16)22)13-21-20(24)15-5-7-17(25-2)8-6-15/h4-9,12H,3,10-11,13H2,1-2H3,(H,21,24). The van der Waals surface area contributed by atoms with Crippen LogP contribution in [0, 0.1) is 0 Å². The lowest BCUT2D eigenvalue weighted by Gasteiger charge is -2.16. The molecule has 0 fully saturated rings. The quantitative estimate of drug-likeness (QED) is 0.912. The summed E-state index contributed by atoms with van der Waals surface area (Å²) in [5, 5.41) is 2.93. The Kier molecular flexibility index (Phi) is 5.03. The van der Waals surface area contributed by atoms with Crippen LogP contribution in [0.3, 0.4) is 0 Å². The van der Waals surface area contributed by atoms with Gasteiger partial charge in [0.1, 0.15) is 5.75 Å². The molecule has 1 N–H and O–H groups in total. The molecule has 0 atom stereocenters. The van der Waals surface area contributed by atoms with Gasteiger partial charge in [-0.05, 0) is 47.9 Å². The molecular formula is C20H22N2O3. The second-order valence-corrected chi connectivity index (χ2v) is 6.02. The first-order valence-corrected chi connectivity index (χ1v) is 8.46. The van der Waals surface area contributed by atoms with E-state index in [0.29, 0.717) is 18.5 Å². The third-order valence-corrected chi connectivity index (χ3v) is 4.45. The first-order valence-electron chi connectivity index (χ1n) is 8.46. The number of rotatable bonds is 5. The second kappa shape index (κ2) is 7.38. The lowest BCUT2D eigenvalue weighted by atomic mass is 10.1. The van der Waals surface area contributed by atoms with Crippen molar-refractivity contribution in [1.29, 1.82) is 0 Å². The number of hydrogen-bond donors (Lipinski definition) is 1. The Morgan fingerprint density at radius 2 is 1.92 bits per heavy atom. The molecule has 0 radical (unpaired) electrons. The van der Waals surface area contributed by atoms with Crippen molar-refractivity contribution in [2.75, 3.05) is 18.6 Å². The van der Waals surface area contributed by atoms with E-state index < -0.39 is 0 Å². The summed E-state index contributed by atoms with van der Waals surface area (Å²) in [5.41, 5.74) is 3.79. The molecule has 5 heteroatoms. The van der Waals surface area contributed by atoms with Crippen molar-refractivity contribution < 1.29 is 14.3 Å². The Morgan fingerprint density at radius 1 is 1.16 bits per heavy atom. The number of carbonyl (C=O) groups excluding carboxylic acids is 2. The Hall–Kier alpha value is -2.82. The molecule has 0 bridgehead atoms. The number of nitrogens with one attached hydrogen (secondary N) is 1. The van der Waals surface area contributed by atoms with E-state index in [2.05, 4.69) is 11.4 Å². The van der Waals surface area contributed by atoms with Gasteiger partial charge in [-0.25, -0.2) is 0 Å². The fraction of sp³-hybridized carbons (Fsp3) is 0.300. The molecule has 1 aliphatic heterocycles. The zero-order valence-electron chi connectivity index (χ0n) is 14.5. The normalized spacial score (nSPS) is 12.6. The summed E-state index contributed by atoms with van der Waals surface area (Å²) in [4.78, 5) is 26.0. The van der Waals surface area contributed by atoms with Crippen molar-refractivity contribution >= 4 is 17.5 Å². The molecule has 0 unspecified atom stereocenters. The van der Waals surface area contributed by atoms with Gasteiger partial charge in [-0.1, -0.05) is 19.1 Å². The van der Waals surface area contributed by atoms with Gasteiger partial charge in [0.15, 0.2) is 0 Å². The van der Waals surface area contributed by atoms with Crippen LogP contribution in [-0.2, 0) is 17.8 Å². The number of methoxy groups -OCH3 is 1. The molecule has 0 saturated heterocycles. The van der Waals surface area contributed by atoms with Crippen LogP contribution in [0.1, 0.15) is 34.8 Å². The molecule has 2 aromatic carbocycles.